The van der Waals surface area contributed by atoms with Crippen molar-refractivity contribution in [2.45, 2.75) is 18.0 Å². The maximum absolute atomic E-state index is 13.5. The van der Waals surface area contributed by atoms with E-state index in [0.717, 1.165) is 18.7 Å². The monoisotopic (exact) mass is 487 g/mol. The van der Waals surface area contributed by atoms with Crippen LogP contribution in [0.3, 0.4) is 0 Å². The summed E-state index contributed by atoms with van der Waals surface area (Å²) >= 11 is 0. The number of carbonyl (C=O) groups is 1. The summed E-state index contributed by atoms with van der Waals surface area (Å²) in [5.41, 5.74) is -3.25. The molecule has 1 aliphatic heterocycles. The van der Waals surface area contributed by atoms with Gasteiger partial charge in [0, 0.05) is 23.2 Å². The topological polar surface area (TPSA) is 91.4 Å². The molecule has 2 aliphatic rings. The van der Waals surface area contributed by atoms with Crippen LogP contribution in [0.4, 0.5) is 13.2 Å². The molecule has 1 atom stereocenters. The third-order valence-corrected chi connectivity index (χ3v) is 6.78. The van der Waals surface area contributed by atoms with Crippen molar-refractivity contribution >= 4 is 15.9 Å². The molecule has 1 aliphatic carbocycles. The summed E-state index contributed by atoms with van der Waals surface area (Å²) in [6.07, 6.45) is 0.639. The smallest absolute Gasteiger partial charge is 0.493 e. The molecular weight excluding hydrogens is 467 g/mol. The van der Waals surface area contributed by atoms with Gasteiger partial charge in [0.2, 0.25) is 0 Å². The molecule has 0 radical (unpaired) electrons. The second-order valence-electron chi connectivity index (χ2n) is 7.59. The largest absolute Gasteiger partial charge is 0.534 e. The predicted molar refractivity (Wildman–Crippen MR) is 111 cm³/mol. The van der Waals surface area contributed by atoms with E-state index >= 15 is 0 Å². The van der Waals surface area contributed by atoms with E-state index in [4.69, 9.17) is 14.2 Å². The van der Waals surface area contributed by atoms with E-state index in [1.165, 1.54) is 20.3 Å². The Bertz CT molecular complexity index is 1260. The normalized spacial score (nSPS) is 17.8. The number of methoxy groups -OCH3 is 3. The molecule has 0 spiro atoms. The van der Waals surface area contributed by atoms with Crippen LogP contribution >= 0.6 is 0 Å². The first kappa shape index (κ1) is 23.2. The fourth-order valence-electron chi connectivity index (χ4n) is 4.33. The minimum Gasteiger partial charge on any atom is -0.493 e. The summed E-state index contributed by atoms with van der Waals surface area (Å²) in [4.78, 5) is 15.3. The van der Waals surface area contributed by atoms with Crippen LogP contribution in [0, 0.1) is 0 Å². The first-order valence-corrected chi connectivity index (χ1v) is 11.1. The number of likely N-dealkylation sites (N-methyl/N-ethyl adjacent to an activating group) is 1. The molecule has 2 aromatic rings. The quantitative estimate of drug-likeness (QED) is 0.469. The Morgan fingerprint density at radius 2 is 1.61 bits per heavy atom. The van der Waals surface area contributed by atoms with E-state index in [2.05, 4.69) is 4.18 Å². The highest BCUT2D eigenvalue weighted by molar-refractivity contribution is 7.88. The maximum atomic E-state index is 13.5. The van der Waals surface area contributed by atoms with Crippen molar-refractivity contribution in [1.29, 1.82) is 0 Å². The van der Waals surface area contributed by atoms with Gasteiger partial charge in [-0.25, -0.2) is 0 Å². The lowest BCUT2D eigenvalue weighted by Gasteiger charge is -2.39. The summed E-state index contributed by atoms with van der Waals surface area (Å²) < 4.78 is 82.5. The predicted octanol–water partition coefficient (Wildman–Crippen LogP) is 3.33. The fourth-order valence-corrected chi connectivity index (χ4v) is 4.80. The van der Waals surface area contributed by atoms with Gasteiger partial charge < -0.3 is 18.4 Å². The van der Waals surface area contributed by atoms with E-state index < -0.39 is 33.2 Å². The van der Waals surface area contributed by atoms with Gasteiger partial charge in [-0.3, -0.25) is 9.69 Å². The Balaban J connectivity index is 2.03. The van der Waals surface area contributed by atoms with Crippen molar-refractivity contribution in [3.8, 4) is 34.1 Å². The molecule has 1 heterocycles. The van der Waals surface area contributed by atoms with Crippen molar-refractivity contribution in [3.05, 3.63) is 34.9 Å². The fraction of sp³-hybridized carbons (Fsp3) is 0.381. The van der Waals surface area contributed by atoms with Crippen LogP contribution in [0.5, 0.6) is 23.0 Å². The third kappa shape index (κ3) is 3.48. The molecule has 0 N–H and O–H groups in total. The number of hydrogen-bond donors (Lipinski definition) is 0. The van der Waals surface area contributed by atoms with Crippen LogP contribution in [0.15, 0.2) is 18.2 Å². The van der Waals surface area contributed by atoms with Crippen LogP contribution < -0.4 is 18.4 Å². The molecule has 1 unspecified atom stereocenters. The maximum Gasteiger partial charge on any atom is 0.534 e. The molecule has 12 heteroatoms. The number of rotatable bonds is 5. The first-order valence-electron chi connectivity index (χ1n) is 9.70. The molecule has 0 saturated heterocycles. The van der Waals surface area contributed by atoms with Gasteiger partial charge in [0.25, 0.3) is 0 Å². The zero-order valence-corrected chi connectivity index (χ0v) is 18.9. The summed E-state index contributed by atoms with van der Waals surface area (Å²) in [5.74, 6) is -0.690. The number of alkyl halides is 3. The number of hydrogen-bond acceptors (Lipinski definition) is 8. The van der Waals surface area contributed by atoms with Gasteiger partial charge in [-0.2, -0.15) is 21.6 Å². The van der Waals surface area contributed by atoms with Gasteiger partial charge in [-0.05, 0) is 42.8 Å². The van der Waals surface area contributed by atoms with Crippen LogP contribution in [0.25, 0.3) is 11.1 Å². The van der Waals surface area contributed by atoms with Crippen molar-refractivity contribution in [3.63, 3.8) is 0 Å². The highest BCUT2D eigenvalue weighted by atomic mass is 32.2. The number of ketones is 1. The summed E-state index contributed by atoms with van der Waals surface area (Å²) in [7, 11) is -0.177. The number of Topliss-reactive ketones (excluding diaryl/α,β-unsaturated/α-hetero) is 1. The van der Waals surface area contributed by atoms with Crippen molar-refractivity contribution in [2.75, 3.05) is 34.9 Å². The highest BCUT2D eigenvalue weighted by Gasteiger charge is 2.49. The van der Waals surface area contributed by atoms with Gasteiger partial charge in [-0.15, -0.1) is 0 Å². The number of halogens is 3. The number of carbonyl (C=O) groups excluding carboxylic acids is 1. The first-order chi connectivity index (χ1) is 15.4. The summed E-state index contributed by atoms with van der Waals surface area (Å²) in [5, 5.41) is 0. The van der Waals surface area contributed by atoms with Gasteiger partial charge >= 0.3 is 15.6 Å². The number of ether oxygens (including phenoxy) is 3. The molecule has 4 rings (SSSR count). The Morgan fingerprint density at radius 1 is 0.970 bits per heavy atom. The summed E-state index contributed by atoms with van der Waals surface area (Å²) in [6.45, 7) is 0.551. The number of nitrogens with zero attached hydrogens (tertiary/aromatic N) is 1. The average Bonchev–Trinajstić information content (AvgIpc) is 2.75. The van der Waals surface area contributed by atoms with Gasteiger partial charge in [-0.1, -0.05) is 0 Å². The molecule has 0 amide bonds. The molecule has 0 bridgehead atoms. The second kappa shape index (κ2) is 7.80. The van der Waals surface area contributed by atoms with Crippen LogP contribution in [0.1, 0.15) is 27.5 Å². The van der Waals surface area contributed by atoms with Crippen LogP contribution in [-0.2, 0) is 16.5 Å². The minimum absolute atomic E-state index is 0.0214. The highest BCUT2D eigenvalue weighted by Crippen LogP contribution is 2.54. The van der Waals surface area contributed by atoms with E-state index in [9.17, 15) is 26.4 Å². The van der Waals surface area contributed by atoms with Gasteiger partial charge in [0.1, 0.15) is 0 Å². The molecule has 33 heavy (non-hydrogen) atoms. The van der Waals surface area contributed by atoms with Crippen LogP contribution in [0.2, 0.25) is 0 Å². The van der Waals surface area contributed by atoms with Crippen molar-refractivity contribution in [1.82, 2.24) is 4.90 Å². The second-order valence-corrected chi connectivity index (χ2v) is 9.13. The molecule has 0 fully saturated rings. The summed E-state index contributed by atoms with van der Waals surface area (Å²) in [6, 6.07) is 3.30. The Kier molecular flexibility index (Phi) is 5.48. The molecule has 178 valence electrons. The van der Waals surface area contributed by atoms with E-state index in [0.29, 0.717) is 41.2 Å². The lowest BCUT2D eigenvalue weighted by atomic mass is 9.75. The van der Waals surface area contributed by atoms with E-state index in [1.807, 2.05) is 4.90 Å². The lowest BCUT2D eigenvalue weighted by Crippen LogP contribution is -2.39. The van der Waals surface area contributed by atoms with Gasteiger partial charge in [0.05, 0.1) is 27.4 Å². The molecular formula is C21H20F3NO7S. The minimum atomic E-state index is -5.98. The number of benzene rings is 2. The van der Waals surface area contributed by atoms with Crippen LogP contribution in [-0.4, -0.2) is 59.5 Å². The van der Waals surface area contributed by atoms with Gasteiger partial charge in [0.15, 0.2) is 28.8 Å². The molecule has 8 nitrogen and oxygen atoms in total. The number of fused-ring (bicyclic) bond motifs is 2. The zero-order valence-electron chi connectivity index (χ0n) is 18.1. The molecule has 0 aromatic heterocycles. The zero-order chi connectivity index (χ0) is 24.3. The Morgan fingerprint density at radius 3 is 2.18 bits per heavy atom. The Labute approximate surface area is 187 Å². The standard InChI is InChI=1S/C21H20F3NO7S/c1-25-6-5-10-7-15(30-3)20(31-4)17-11-8-13(29-2)14(32-33(27,28)21(22,23)24)9-12(11)19(26)18(25)16(10)17/h7-9,18H,5-6H2,1-4H3. The van der Waals surface area contributed by atoms with Crippen molar-refractivity contribution in [2.24, 2.45) is 0 Å². The third-order valence-electron chi connectivity index (χ3n) is 5.81. The van der Waals surface area contributed by atoms with Crippen molar-refractivity contribution < 1.29 is 44.8 Å². The molecule has 2 aromatic carbocycles. The lowest BCUT2D eigenvalue weighted by molar-refractivity contribution is -0.0500. The SMILES string of the molecule is COc1cc2c(cc1OS(=O)(=O)C(F)(F)F)C(=O)C1c3c(cc(OC)c(OC)c3-2)CCN1C. The van der Waals surface area contributed by atoms with E-state index in [1.54, 1.807) is 13.1 Å². The van der Waals surface area contributed by atoms with E-state index in [-0.39, 0.29) is 11.3 Å². The molecule has 0 saturated carbocycles. The Hall–Kier alpha value is -2.99. The average molecular weight is 487 g/mol.